The first-order chi connectivity index (χ1) is 10.2. The standard InChI is InChI=1S/C14H19N5OS/c1-10-8-11(2)19(17-10)13-9-12(15-14(16-13)21-3)18-4-6-20-7-5-18/h8-9H,4-7H2,1-3H3. The summed E-state index contributed by atoms with van der Waals surface area (Å²) in [4.78, 5) is 11.4. The van der Waals surface area contributed by atoms with Crippen LogP contribution in [0.4, 0.5) is 5.82 Å². The maximum Gasteiger partial charge on any atom is 0.191 e. The molecule has 3 rings (SSSR count). The Morgan fingerprint density at radius 1 is 1.10 bits per heavy atom. The van der Waals surface area contributed by atoms with Crippen molar-refractivity contribution >= 4 is 17.6 Å². The molecule has 1 saturated heterocycles. The first-order valence-corrected chi connectivity index (χ1v) is 8.19. The van der Waals surface area contributed by atoms with Crippen LogP contribution in [0.25, 0.3) is 5.82 Å². The second-order valence-electron chi connectivity index (χ2n) is 5.01. The van der Waals surface area contributed by atoms with Gasteiger partial charge in [0.25, 0.3) is 0 Å². The van der Waals surface area contributed by atoms with E-state index in [-0.39, 0.29) is 0 Å². The molecule has 0 radical (unpaired) electrons. The number of hydrogen-bond acceptors (Lipinski definition) is 6. The van der Waals surface area contributed by atoms with Gasteiger partial charge in [-0.1, -0.05) is 11.8 Å². The van der Waals surface area contributed by atoms with Crippen LogP contribution in [0.2, 0.25) is 0 Å². The molecule has 0 bridgehead atoms. The molecule has 2 aromatic heterocycles. The Kier molecular flexibility index (Phi) is 4.12. The molecule has 0 unspecified atom stereocenters. The monoisotopic (exact) mass is 305 g/mol. The molecule has 0 amide bonds. The lowest BCUT2D eigenvalue weighted by Crippen LogP contribution is -2.37. The highest BCUT2D eigenvalue weighted by Gasteiger charge is 2.16. The number of nitrogens with zero attached hydrogens (tertiary/aromatic N) is 5. The largest absolute Gasteiger partial charge is 0.378 e. The van der Waals surface area contributed by atoms with Crippen LogP contribution in [0.5, 0.6) is 0 Å². The van der Waals surface area contributed by atoms with E-state index >= 15 is 0 Å². The third-order valence-electron chi connectivity index (χ3n) is 3.42. The van der Waals surface area contributed by atoms with Crippen molar-refractivity contribution in [2.45, 2.75) is 19.0 Å². The summed E-state index contributed by atoms with van der Waals surface area (Å²) >= 11 is 1.55. The van der Waals surface area contributed by atoms with Gasteiger partial charge in [0.2, 0.25) is 0 Å². The molecule has 112 valence electrons. The molecular formula is C14H19N5OS. The summed E-state index contributed by atoms with van der Waals surface area (Å²) in [5.74, 6) is 1.77. The minimum absolute atomic E-state index is 0.744. The average molecular weight is 305 g/mol. The lowest BCUT2D eigenvalue weighted by atomic mass is 10.4. The molecule has 2 aromatic rings. The fraction of sp³-hybridized carbons (Fsp3) is 0.500. The number of anilines is 1. The van der Waals surface area contributed by atoms with Gasteiger partial charge in [-0.05, 0) is 26.2 Å². The predicted molar refractivity (Wildman–Crippen MR) is 83.4 cm³/mol. The topological polar surface area (TPSA) is 56.1 Å². The lowest BCUT2D eigenvalue weighted by molar-refractivity contribution is 0.122. The van der Waals surface area contributed by atoms with Crippen molar-refractivity contribution in [2.24, 2.45) is 0 Å². The van der Waals surface area contributed by atoms with Crippen molar-refractivity contribution in [3.05, 3.63) is 23.5 Å². The zero-order valence-electron chi connectivity index (χ0n) is 12.5. The number of ether oxygens (including phenoxy) is 1. The van der Waals surface area contributed by atoms with Crippen molar-refractivity contribution in [3.8, 4) is 5.82 Å². The van der Waals surface area contributed by atoms with Crippen LogP contribution in [0.3, 0.4) is 0 Å². The average Bonchev–Trinajstić information content (AvgIpc) is 2.86. The predicted octanol–water partition coefficient (Wildman–Crippen LogP) is 1.84. The van der Waals surface area contributed by atoms with Gasteiger partial charge >= 0.3 is 0 Å². The summed E-state index contributed by atoms with van der Waals surface area (Å²) in [6.07, 6.45) is 1.99. The van der Waals surface area contributed by atoms with Gasteiger partial charge in [-0.2, -0.15) is 5.10 Å². The summed E-state index contributed by atoms with van der Waals surface area (Å²) in [5, 5.41) is 5.28. The van der Waals surface area contributed by atoms with Crippen LogP contribution in [-0.2, 0) is 4.74 Å². The lowest BCUT2D eigenvalue weighted by Gasteiger charge is -2.28. The maximum atomic E-state index is 5.41. The number of hydrogen-bond donors (Lipinski definition) is 0. The number of aryl methyl sites for hydroxylation is 2. The van der Waals surface area contributed by atoms with E-state index in [4.69, 9.17) is 4.74 Å². The van der Waals surface area contributed by atoms with Crippen molar-refractivity contribution in [2.75, 3.05) is 37.5 Å². The van der Waals surface area contributed by atoms with E-state index in [0.717, 1.165) is 54.5 Å². The first kappa shape index (κ1) is 14.3. The smallest absolute Gasteiger partial charge is 0.191 e. The van der Waals surface area contributed by atoms with E-state index in [1.807, 2.05) is 30.9 Å². The highest BCUT2D eigenvalue weighted by atomic mass is 32.2. The third-order valence-corrected chi connectivity index (χ3v) is 3.97. The molecule has 0 spiro atoms. The van der Waals surface area contributed by atoms with E-state index in [1.54, 1.807) is 11.8 Å². The third kappa shape index (κ3) is 3.03. The Morgan fingerprint density at radius 3 is 2.43 bits per heavy atom. The van der Waals surface area contributed by atoms with Crippen molar-refractivity contribution in [1.82, 2.24) is 19.7 Å². The van der Waals surface area contributed by atoms with Crippen LogP contribution in [0.15, 0.2) is 17.3 Å². The summed E-state index contributed by atoms with van der Waals surface area (Å²) in [6, 6.07) is 4.06. The normalized spacial score (nSPS) is 15.5. The molecule has 1 aliphatic rings. The number of morpholine rings is 1. The second kappa shape index (κ2) is 6.03. The summed E-state index contributed by atoms with van der Waals surface area (Å²) < 4.78 is 7.28. The van der Waals surface area contributed by atoms with Gasteiger partial charge < -0.3 is 9.64 Å². The zero-order valence-corrected chi connectivity index (χ0v) is 13.4. The molecule has 3 heterocycles. The highest BCUT2D eigenvalue weighted by Crippen LogP contribution is 2.21. The second-order valence-corrected chi connectivity index (χ2v) is 5.78. The summed E-state index contributed by atoms with van der Waals surface area (Å²) in [7, 11) is 0. The molecule has 21 heavy (non-hydrogen) atoms. The molecular weight excluding hydrogens is 286 g/mol. The van der Waals surface area contributed by atoms with Crippen molar-refractivity contribution in [3.63, 3.8) is 0 Å². The Hall–Kier alpha value is -1.60. The summed E-state index contributed by atoms with van der Waals surface area (Å²) in [6.45, 7) is 7.24. The van der Waals surface area contributed by atoms with E-state index in [9.17, 15) is 0 Å². The van der Waals surface area contributed by atoms with E-state index in [1.165, 1.54) is 0 Å². The number of aromatic nitrogens is 4. The Bertz CT molecular complexity index is 636. The molecule has 7 heteroatoms. The van der Waals surface area contributed by atoms with Crippen LogP contribution in [0.1, 0.15) is 11.4 Å². The van der Waals surface area contributed by atoms with E-state index < -0.39 is 0 Å². The zero-order chi connectivity index (χ0) is 14.8. The van der Waals surface area contributed by atoms with Gasteiger partial charge in [0.05, 0.1) is 18.9 Å². The van der Waals surface area contributed by atoms with Crippen LogP contribution in [0, 0.1) is 13.8 Å². The number of thioether (sulfide) groups is 1. The molecule has 0 atom stereocenters. The first-order valence-electron chi connectivity index (χ1n) is 6.97. The SMILES string of the molecule is CSc1nc(N2CCOCC2)cc(-n2nc(C)cc2C)n1. The quantitative estimate of drug-likeness (QED) is 0.637. The summed E-state index contributed by atoms with van der Waals surface area (Å²) in [5.41, 5.74) is 2.07. The molecule has 0 saturated carbocycles. The van der Waals surface area contributed by atoms with Crippen LogP contribution >= 0.6 is 11.8 Å². The Balaban J connectivity index is 2.02. The Labute approximate surface area is 128 Å². The van der Waals surface area contributed by atoms with Gasteiger partial charge in [0.1, 0.15) is 5.82 Å². The highest BCUT2D eigenvalue weighted by molar-refractivity contribution is 7.98. The fourth-order valence-electron chi connectivity index (χ4n) is 2.42. The molecule has 0 N–H and O–H groups in total. The van der Waals surface area contributed by atoms with Crippen LogP contribution in [-0.4, -0.2) is 52.3 Å². The number of rotatable bonds is 3. The van der Waals surface area contributed by atoms with Gasteiger partial charge in [0, 0.05) is 24.8 Å². The minimum Gasteiger partial charge on any atom is -0.378 e. The molecule has 0 aliphatic carbocycles. The maximum absolute atomic E-state index is 5.41. The van der Waals surface area contributed by atoms with E-state index in [0.29, 0.717) is 0 Å². The van der Waals surface area contributed by atoms with Crippen molar-refractivity contribution in [1.29, 1.82) is 0 Å². The molecule has 1 aliphatic heterocycles. The van der Waals surface area contributed by atoms with Crippen molar-refractivity contribution < 1.29 is 4.74 Å². The molecule has 1 fully saturated rings. The van der Waals surface area contributed by atoms with Gasteiger partial charge in [-0.3, -0.25) is 0 Å². The molecule has 6 nitrogen and oxygen atoms in total. The van der Waals surface area contributed by atoms with Gasteiger partial charge in [0.15, 0.2) is 11.0 Å². The van der Waals surface area contributed by atoms with E-state index in [2.05, 4.69) is 26.0 Å². The fourth-order valence-corrected chi connectivity index (χ4v) is 2.79. The van der Waals surface area contributed by atoms with Crippen LogP contribution < -0.4 is 4.90 Å². The molecule has 0 aromatic carbocycles. The van der Waals surface area contributed by atoms with Gasteiger partial charge in [-0.15, -0.1) is 0 Å². The van der Waals surface area contributed by atoms with Gasteiger partial charge in [-0.25, -0.2) is 14.6 Å². The minimum atomic E-state index is 0.744. The Morgan fingerprint density at radius 2 is 1.81 bits per heavy atom.